The summed E-state index contributed by atoms with van der Waals surface area (Å²) in [7, 11) is -3.46. The average molecular weight is 440 g/mol. The van der Waals surface area contributed by atoms with E-state index >= 15 is 0 Å². The fraction of sp³-hybridized carbons (Fsp3) is 0.318. The Hall–Kier alpha value is -3.04. The summed E-state index contributed by atoms with van der Waals surface area (Å²) in [4.78, 5) is 16.9. The van der Waals surface area contributed by atoms with Crippen molar-refractivity contribution in [1.82, 2.24) is 24.4 Å². The van der Waals surface area contributed by atoms with Gasteiger partial charge in [0, 0.05) is 38.2 Å². The number of sulfonamides is 1. The fourth-order valence-electron chi connectivity index (χ4n) is 3.58. The molecule has 31 heavy (non-hydrogen) atoms. The van der Waals surface area contributed by atoms with Crippen LogP contribution < -0.4 is 5.32 Å². The van der Waals surface area contributed by atoms with Crippen molar-refractivity contribution >= 4 is 15.9 Å². The number of carbonyl (C=O) groups excluding carboxylic acids is 1. The molecule has 0 unspecified atom stereocenters. The van der Waals surface area contributed by atoms with Crippen molar-refractivity contribution in [3.8, 4) is 5.82 Å². The Balaban J connectivity index is 1.33. The molecule has 3 heterocycles. The van der Waals surface area contributed by atoms with Crippen LogP contribution in [0.15, 0.2) is 66.0 Å². The molecule has 3 aromatic rings. The van der Waals surface area contributed by atoms with Gasteiger partial charge in [0.2, 0.25) is 15.9 Å². The lowest BCUT2D eigenvalue weighted by Crippen LogP contribution is -2.35. The molecule has 1 amide bonds. The second-order valence-electron chi connectivity index (χ2n) is 7.54. The van der Waals surface area contributed by atoms with Gasteiger partial charge >= 0.3 is 0 Å². The van der Waals surface area contributed by atoms with Crippen molar-refractivity contribution in [2.75, 3.05) is 13.1 Å². The number of amides is 1. The molecule has 1 aliphatic heterocycles. The molecule has 0 atom stereocenters. The summed E-state index contributed by atoms with van der Waals surface area (Å²) in [6, 6.07) is 12.1. The highest BCUT2D eigenvalue weighted by Crippen LogP contribution is 2.21. The number of carbonyl (C=O) groups is 1. The van der Waals surface area contributed by atoms with E-state index in [4.69, 9.17) is 0 Å². The maximum absolute atomic E-state index is 12.7. The molecule has 0 aliphatic carbocycles. The molecule has 2 aromatic heterocycles. The third-order valence-electron chi connectivity index (χ3n) is 5.28. The molecule has 8 nitrogen and oxygen atoms in total. The normalized spacial score (nSPS) is 15.0. The summed E-state index contributed by atoms with van der Waals surface area (Å²) in [5.41, 5.74) is 1.68. The van der Waals surface area contributed by atoms with E-state index in [1.54, 1.807) is 51.8 Å². The lowest BCUT2D eigenvalue weighted by atomic mass is 10.1. The van der Waals surface area contributed by atoms with Crippen molar-refractivity contribution in [2.24, 2.45) is 0 Å². The number of nitrogens with zero attached hydrogens (tertiary/aromatic N) is 4. The first-order valence-electron chi connectivity index (χ1n) is 10.3. The van der Waals surface area contributed by atoms with Gasteiger partial charge in [0.1, 0.15) is 0 Å². The van der Waals surface area contributed by atoms with Crippen molar-refractivity contribution in [3.63, 3.8) is 0 Å². The highest BCUT2D eigenvalue weighted by atomic mass is 32.2. The third kappa shape index (κ3) is 5.18. The minimum Gasteiger partial charge on any atom is -0.352 e. The van der Waals surface area contributed by atoms with Gasteiger partial charge in [-0.2, -0.15) is 9.40 Å². The van der Waals surface area contributed by atoms with Crippen LogP contribution >= 0.6 is 0 Å². The SMILES string of the molecule is O=C(Cc1ccc(S(=O)(=O)N2CCCCC2)cc1)NCc1ccnc(-n2cccn2)c1. The van der Waals surface area contributed by atoms with Gasteiger partial charge in [-0.1, -0.05) is 18.6 Å². The minimum absolute atomic E-state index is 0.135. The molecule has 0 spiro atoms. The Labute approximate surface area is 182 Å². The number of aromatic nitrogens is 3. The van der Waals surface area contributed by atoms with Gasteiger partial charge in [-0.25, -0.2) is 18.1 Å². The molecular formula is C22H25N5O3S. The molecule has 0 radical (unpaired) electrons. The topological polar surface area (TPSA) is 97.2 Å². The van der Waals surface area contributed by atoms with Crippen LogP contribution in [-0.2, 0) is 27.8 Å². The molecule has 1 aromatic carbocycles. The standard InChI is InChI=1S/C22H25N5O3S/c28-22(24-17-19-9-11-23-21(15-19)27-14-4-10-25-27)16-18-5-7-20(8-6-18)31(29,30)26-12-2-1-3-13-26/h4-11,14-15H,1-3,12-13,16-17H2,(H,24,28). The maximum atomic E-state index is 12.7. The fourth-order valence-corrected chi connectivity index (χ4v) is 5.10. The van der Waals surface area contributed by atoms with Crippen molar-refractivity contribution in [3.05, 3.63) is 72.2 Å². The highest BCUT2D eigenvalue weighted by Gasteiger charge is 2.25. The second kappa shape index (κ2) is 9.40. The number of hydrogen-bond donors (Lipinski definition) is 1. The number of hydrogen-bond acceptors (Lipinski definition) is 5. The molecule has 0 bridgehead atoms. The van der Waals surface area contributed by atoms with Gasteiger partial charge in [-0.15, -0.1) is 0 Å². The number of piperidine rings is 1. The van der Waals surface area contributed by atoms with E-state index < -0.39 is 10.0 Å². The Morgan fingerprint density at radius 3 is 2.48 bits per heavy atom. The van der Waals surface area contributed by atoms with Crippen LogP contribution in [0.4, 0.5) is 0 Å². The van der Waals surface area contributed by atoms with Gasteiger partial charge in [0.15, 0.2) is 5.82 Å². The summed E-state index contributed by atoms with van der Waals surface area (Å²) in [5, 5.41) is 7.05. The van der Waals surface area contributed by atoms with Crippen LogP contribution in [0.1, 0.15) is 30.4 Å². The van der Waals surface area contributed by atoms with Gasteiger partial charge < -0.3 is 5.32 Å². The summed E-state index contributed by atoms with van der Waals surface area (Å²) in [5.74, 6) is 0.548. The third-order valence-corrected chi connectivity index (χ3v) is 7.19. The highest BCUT2D eigenvalue weighted by molar-refractivity contribution is 7.89. The summed E-state index contributed by atoms with van der Waals surface area (Å²) in [6.07, 6.45) is 8.22. The predicted octanol–water partition coefficient (Wildman–Crippen LogP) is 2.30. The number of nitrogens with one attached hydrogen (secondary N) is 1. The van der Waals surface area contributed by atoms with Crippen LogP contribution in [0.5, 0.6) is 0 Å². The second-order valence-corrected chi connectivity index (χ2v) is 9.47. The zero-order chi connectivity index (χ0) is 21.7. The molecular weight excluding hydrogens is 414 g/mol. The van der Waals surface area contributed by atoms with Gasteiger partial charge in [-0.05, 0) is 54.3 Å². The van der Waals surface area contributed by atoms with Gasteiger partial charge in [0.05, 0.1) is 11.3 Å². The number of pyridine rings is 1. The van der Waals surface area contributed by atoms with Gasteiger partial charge in [0.25, 0.3) is 0 Å². The maximum Gasteiger partial charge on any atom is 0.243 e. The zero-order valence-corrected chi connectivity index (χ0v) is 18.0. The molecule has 162 valence electrons. The monoisotopic (exact) mass is 439 g/mol. The van der Waals surface area contributed by atoms with Crippen LogP contribution in [0.3, 0.4) is 0 Å². The summed E-state index contributed by atoms with van der Waals surface area (Å²) in [6.45, 7) is 1.52. The Morgan fingerprint density at radius 1 is 1.00 bits per heavy atom. The smallest absolute Gasteiger partial charge is 0.243 e. The first-order valence-corrected chi connectivity index (χ1v) is 11.8. The van der Waals surface area contributed by atoms with Crippen LogP contribution in [-0.4, -0.2) is 46.5 Å². The van der Waals surface area contributed by atoms with Crippen molar-refractivity contribution < 1.29 is 13.2 Å². The molecule has 1 aliphatic rings. The van der Waals surface area contributed by atoms with E-state index in [9.17, 15) is 13.2 Å². The van der Waals surface area contributed by atoms with Crippen LogP contribution in [0.25, 0.3) is 5.82 Å². The quantitative estimate of drug-likeness (QED) is 0.609. The van der Waals surface area contributed by atoms with E-state index in [-0.39, 0.29) is 17.2 Å². The number of rotatable bonds is 7. The summed E-state index contributed by atoms with van der Waals surface area (Å²) < 4.78 is 28.7. The minimum atomic E-state index is -3.46. The number of benzene rings is 1. The molecule has 0 saturated carbocycles. The van der Waals surface area contributed by atoms with Gasteiger partial charge in [-0.3, -0.25) is 4.79 Å². The Morgan fingerprint density at radius 2 is 1.77 bits per heavy atom. The molecule has 1 saturated heterocycles. The lowest BCUT2D eigenvalue weighted by Gasteiger charge is -2.25. The van der Waals surface area contributed by atoms with Crippen molar-refractivity contribution in [2.45, 2.75) is 37.1 Å². The van der Waals surface area contributed by atoms with E-state index in [1.807, 2.05) is 18.2 Å². The molecule has 1 N–H and O–H groups in total. The first-order chi connectivity index (χ1) is 15.0. The first kappa shape index (κ1) is 21.2. The van der Waals surface area contributed by atoms with E-state index in [1.165, 1.54) is 0 Å². The van der Waals surface area contributed by atoms with E-state index in [0.717, 1.165) is 30.4 Å². The molecule has 9 heteroatoms. The van der Waals surface area contributed by atoms with Crippen molar-refractivity contribution in [1.29, 1.82) is 0 Å². The van der Waals surface area contributed by atoms with Crippen LogP contribution in [0, 0.1) is 0 Å². The Bertz CT molecular complexity index is 1120. The van der Waals surface area contributed by atoms with Crippen LogP contribution in [0.2, 0.25) is 0 Å². The van der Waals surface area contributed by atoms with E-state index in [0.29, 0.717) is 25.5 Å². The molecule has 4 rings (SSSR count). The largest absolute Gasteiger partial charge is 0.352 e. The van der Waals surface area contributed by atoms with E-state index in [2.05, 4.69) is 15.4 Å². The molecule has 1 fully saturated rings. The Kier molecular flexibility index (Phi) is 6.43. The average Bonchev–Trinajstić information content (AvgIpc) is 3.34. The summed E-state index contributed by atoms with van der Waals surface area (Å²) >= 11 is 0. The predicted molar refractivity (Wildman–Crippen MR) is 116 cm³/mol. The zero-order valence-electron chi connectivity index (χ0n) is 17.1. The lowest BCUT2D eigenvalue weighted by molar-refractivity contribution is -0.120.